The predicted octanol–water partition coefficient (Wildman–Crippen LogP) is -6.83. The highest BCUT2D eigenvalue weighted by Crippen LogP contribution is 2.61. The van der Waals surface area contributed by atoms with Crippen molar-refractivity contribution in [3.63, 3.8) is 0 Å². The van der Waals surface area contributed by atoms with Crippen molar-refractivity contribution < 1.29 is 96.9 Å². The molecule has 3 aliphatic rings. The summed E-state index contributed by atoms with van der Waals surface area (Å²) in [7, 11) is -11.5. The summed E-state index contributed by atoms with van der Waals surface area (Å²) in [6.45, 7) is -2.06. The van der Waals surface area contributed by atoms with Gasteiger partial charge < -0.3 is 74.9 Å². The number of hydrogen-bond acceptors (Lipinski definition) is 20. The van der Waals surface area contributed by atoms with Gasteiger partial charge in [-0.25, -0.2) is 13.9 Å². The number of nitrogens with zero attached hydrogens (tertiary/aromatic N) is 1. The van der Waals surface area contributed by atoms with Gasteiger partial charge in [0.05, 0.1) is 19.8 Å². The standard InChI is InChI=1S/C23H37N3O22P2/c1-7(29)24-12-15(33)19(46-22-18(36)16(34)13(31)8(4-27)44-22)9(5-28)45-21(12)47-50(40,41)48-49(38,39)42-6-10-14(32)17(35)20(43-10)26-3-2-11(30)25-23(26)37/h2-3,8-10,12-22,27-28,31-36H,4-6H2,1H3,(H,24,29)(H,38,39)(H,40,41)(H,25,30,37)/t8-,9-,10-,12-,13+,14-,15-,16+,17-,18-,19-,20-,21-,22+/m1/s1. The first-order valence-electron chi connectivity index (χ1n) is 14.5. The van der Waals surface area contributed by atoms with Gasteiger partial charge in [-0.1, -0.05) is 0 Å². The van der Waals surface area contributed by atoms with E-state index < -0.39 is 139 Å². The van der Waals surface area contributed by atoms with Gasteiger partial charge in [-0.3, -0.25) is 28.2 Å². The molecular weight excluding hydrogens is 732 g/mol. The van der Waals surface area contributed by atoms with Crippen molar-refractivity contribution in [2.45, 2.75) is 92.8 Å². The molecule has 0 aromatic carbocycles. The maximum absolute atomic E-state index is 12.8. The molecule has 0 spiro atoms. The Morgan fingerprint density at radius 3 is 2.08 bits per heavy atom. The highest BCUT2D eigenvalue weighted by molar-refractivity contribution is 7.61. The SMILES string of the molecule is CC(=O)N[C@H]1[C@@H](OP(=O)(O)OP(=O)(O)OC[C@H]2O[C@@H](n3ccc(=O)[nH]c3=O)[C@H](O)[C@@H]2O)O[C@H](CO)[C@@H](O[C@@H]2O[C@H](CO)[C@H](O)[C@H](O)[C@H]2O)[C@@H]1O. The van der Waals surface area contributed by atoms with Gasteiger partial charge in [0, 0.05) is 19.2 Å². The van der Waals surface area contributed by atoms with Crippen LogP contribution in [0.1, 0.15) is 13.2 Å². The van der Waals surface area contributed by atoms with Gasteiger partial charge in [0.15, 0.2) is 18.8 Å². The van der Waals surface area contributed by atoms with Crippen LogP contribution in [0.2, 0.25) is 0 Å². The molecule has 0 saturated carbocycles. The molecule has 286 valence electrons. The van der Waals surface area contributed by atoms with Gasteiger partial charge in [0.1, 0.15) is 67.1 Å². The molecule has 1 amide bonds. The minimum absolute atomic E-state index is 0.698. The van der Waals surface area contributed by atoms with Crippen molar-refractivity contribution in [1.82, 2.24) is 14.9 Å². The molecule has 50 heavy (non-hydrogen) atoms. The second kappa shape index (κ2) is 16.3. The van der Waals surface area contributed by atoms with Crippen molar-refractivity contribution in [2.75, 3.05) is 19.8 Å². The fourth-order valence-electron chi connectivity index (χ4n) is 5.24. The van der Waals surface area contributed by atoms with Crippen LogP contribution in [-0.4, -0.2) is 166 Å². The van der Waals surface area contributed by atoms with Gasteiger partial charge in [0.25, 0.3) is 5.56 Å². The quantitative estimate of drug-likeness (QED) is 0.0829. The maximum atomic E-state index is 12.8. The van der Waals surface area contributed by atoms with E-state index in [0.717, 1.165) is 19.2 Å². The van der Waals surface area contributed by atoms with Crippen LogP contribution in [0.3, 0.4) is 0 Å². The summed E-state index contributed by atoms with van der Waals surface area (Å²) in [5.74, 6) is -0.898. The number of hydrogen-bond donors (Lipinski definition) is 12. The molecule has 12 N–H and O–H groups in total. The fourth-order valence-corrected chi connectivity index (χ4v) is 7.41. The van der Waals surface area contributed by atoms with E-state index in [2.05, 4.69) is 14.2 Å². The average molecular weight is 769 g/mol. The molecule has 3 saturated heterocycles. The summed E-state index contributed by atoms with van der Waals surface area (Å²) in [4.78, 5) is 57.6. The summed E-state index contributed by atoms with van der Waals surface area (Å²) in [6, 6.07) is -0.978. The summed E-state index contributed by atoms with van der Waals surface area (Å²) in [5.41, 5.74) is -1.81. The molecule has 16 atom stereocenters. The van der Waals surface area contributed by atoms with Crippen molar-refractivity contribution in [3.05, 3.63) is 33.1 Å². The van der Waals surface area contributed by atoms with Crippen molar-refractivity contribution >= 4 is 21.6 Å². The average Bonchev–Trinajstić information content (AvgIpc) is 3.30. The highest BCUT2D eigenvalue weighted by atomic mass is 31.3. The van der Waals surface area contributed by atoms with Crippen LogP contribution in [0.25, 0.3) is 0 Å². The zero-order valence-electron chi connectivity index (χ0n) is 25.6. The Hall–Kier alpha value is -2.07. The van der Waals surface area contributed by atoms with Crippen LogP contribution in [0.4, 0.5) is 0 Å². The number of amides is 1. The Morgan fingerprint density at radius 1 is 0.860 bits per heavy atom. The molecule has 0 aliphatic carbocycles. The molecule has 4 heterocycles. The molecule has 3 aliphatic heterocycles. The second-order valence-electron chi connectivity index (χ2n) is 11.2. The summed E-state index contributed by atoms with van der Waals surface area (Å²) >= 11 is 0. The minimum Gasteiger partial charge on any atom is -0.394 e. The predicted molar refractivity (Wildman–Crippen MR) is 153 cm³/mol. The zero-order valence-corrected chi connectivity index (χ0v) is 27.4. The number of nitrogens with one attached hydrogen (secondary N) is 2. The lowest BCUT2D eigenvalue weighted by Gasteiger charge is -2.47. The highest BCUT2D eigenvalue weighted by Gasteiger charge is 2.53. The number of aromatic nitrogens is 2. The third-order valence-electron chi connectivity index (χ3n) is 7.67. The van der Waals surface area contributed by atoms with Crippen LogP contribution in [0, 0.1) is 0 Å². The van der Waals surface area contributed by atoms with Gasteiger partial charge in [-0.15, -0.1) is 0 Å². The molecule has 25 nitrogen and oxygen atoms in total. The molecule has 2 unspecified atom stereocenters. The number of aliphatic hydroxyl groups excluding tert-OH is 8. The maximum Gasteiger partial charge on any atom is 0.483 e. The third kappa shape index (κ3) is 9.28. The number of phosphoric ester groups is 2. The monoisotopic (exact) mass is 769 g/mol. The minimum atomic E-state index is -5.81. The van der Waals surface area contributed by atoms with Crippen LogP contribution < -0.4 is 16.6 Å². The third-order valence-corrected chi connectivity index (χ3v) is 10.3. The van der Waals surface area contributed by atoms with Crippen LogP contribution in [-0.2, 0) is 46.2 Å². The number of carbonyl (C=O) groups is 1. The number of H-pyrrole nitrogens is 1. The Labute approximate surface area is 279 Å². The smallest absolute Gasteiger partial charge is 0.394 e. The second-order valence-corrected chi connectivity index (χ2v) is 14.2. The van der Waals surface area contributed by atoms with Crippen molar-refractivity contribution in [2.24, 2.45) is 0 Å². The zero-order chi connectivity index (χ0) is 37.3. The Bertz CT molecular complexity index is 1540. The first kappa shape index (κ1) is 40.7. The van der Waals surface area contributed by atoms with Gasteiger partial charge in [-0.2, -0.15) is 4.31 Å². The van der Waals surface area contributed by atoms with Crippen molar-refractivity contribution in [3.8, 4) is 0 Å². The number of phosphoric acid groups is 2. The Balaban J connectivity index is 1.43. The van der Waals surface area contributed by atoms with Gasteiger partial charge in [-0.05, 0) is 0 Å². The summed E-state index contributed by atoms with van der Waals surface area (Å²) in [5, 5.41) is 83.5. The van der Waals surface area contributed by atoms with Gasteiger partial charge >= 0.3 is 21.3 Å². The lowest BCUT2D eigenvalue weighted by Crippen LogP contribution is -2.67. The van der Waals surface area contributed by atoms with E-state index in [1.165, 1.54) is 0 Å². The molecule has 0 bridgehead atoms. The summed E-state index contributed by atoms with van der Waals surface area (Å²) in [6.07, 6.45) is -22.8. The lowest BCUT2D eigenvalue weighted by molar-refractivity contribution is -0.344. The van der Waals surface area contributed by atoms with Crippen LogP contribution in [0.15, 0.2) is 21.9 Å². The van der Waals surface area contributed by atoms with E-state index in [-0.39, 0.29) is 0 Å². The van der Waals surface area contributed by atoms with E-state index in [0.29, 0.717) is 4.57 Å². The normalized spacial score (nSPS) is 40.1. The Morgan fingerprint density at radius 2 is 1.48 bits per heavy atom. The van der Waals surface area contributed by atoms with Crippen LogP contribution in [0.5, 0.6) is 0 Å². The fraction of sp³-hybridized carbons (Fsp3) is 0.783. The number of ether oxygens (including phenoxy) is 4. The molecule has 27 heteroatoms. The molecule has 4 rings (SSSR count). The summed E-state index contributed by atoms with van der Waals surface area (Å²) < 4.78 is 61.2. The first-order valence-corrected chi connectivity index (χ1v) is 17.5. The Kier molecular flexibility index (Phi) is 13.3. The van der Waals surface area contributed by atoms with E-state index in [4.69, 9.17) is 23.5 Å². The number of aliphatic hydroxyl groups is 8. The number of rotatable bonds is 13. The first-order chi connectivity index (χ1) is 23.3. The van der Waals surface area contributed by atoms with E-state index in [9.17, 15) is 74.2 Å². The largest absolute Gasteiger partial charge is 0.483 e. The number of aromatic amines is 1. The molecular formula is C23H37N3O22P2. The van der Waals surface area contributed by atoms with Crippen LogP contribution >= 0.6 is 15.6 Å². The number of carbonyl (C=O) groups excluding carboxylic acids is 1. The molecule has 3 fully saturated rings. The lowest BCUT2D eigenvalue weighted by atomic mass is 9.95. The topological polar surface area (TPSA) is 385 Å². The molecule has 1 aromatic rings. The van der Waals surface area contributed by atoms with E-state index in [1.807, 2.05) is 4.98 Å². The van der Waals surface area contributed by atoms with E-state index in [1.54, 1.807) is 0 Å². The molecule has 1 aromatic heterocycles. The molecule has 0 radical (unpaired) electrons. The van der Waals surface area contributed by atoms with Crippen molar-refractivity contribution in [1.29, 1.82) is 0 Å². The van der Waals surface area contributed by atoms with E-state index >= 15 is 0 Å². The van der Waals surface area contributed by atoms with Gasteiger partial charge in [0.2, 0.25) is 5.91 Å².